The molecule has 1 aliphatic rings. The first-order valence-electron chi connectivity index (χ1n) is 7.49. The molecule has 0 N–H and O–H groups in total. The van der Waals surface area contributed by atoms with Crippen LogP contribution in [0.5, 0.6) is 0 Å². The predicted octanol–water partition coefficient (Wildman–Crippen LogP) is 3.42. The lowest BCUT2D eigenvalue weighted by molar-refractivity contribution is -0.00112. The Labute approximate surface area is 138 Å². The molecule has 118 valence electrons. The van der Waals surface area contributed by atoms with E-state index >= 15 is 0 Å². The lowest BCUT2D eigenvalue weighted by Crippen LogP contribution is -2.21. The van der Waals surface area contributed by atoms with Crippen molar-refractivity contribution in [2.45, 2.75) is 32.6 Å². The molecule has 0 unspecified atom stereocenters. The SMILES string of the molecule is CCc1noc(-c2cc3n(n2)C[C@H](c2ccc(Cl)cc2)OC3)n1. The Morgan fingerprint density at radius 2 is 2.13 bits per heavy atom. The van der Waals surface area contributed by atoms with Crippen LogP contribution in [-0.2, 0) is 24.3 Å². The second-order valence-corrected chi connectivity index (χ2v) is 5.86. The van der Waals surface area contributed by atoms with Crippen molar-refractivity contribution in [3.8, 4) is 11.6 Å². The lowest BCUT2D eigenvalue weighted by Gasteiger charge is -2.24. The van der Waals surface area contributed by atoms with Crippen molar-refractivity contribution in [2.75, 3.05) is 0 Å². The van der Waals surface area contributed by atoms with Gasteiger partial charge < -0.3 is 9.26 Å². The minimum absolute atomic E-state index is 0.0404. The molecule has 7 heteroatoms. The van der Waals surface area contributed by atoms with Gasteiger partial charge in [-0.1, -0.05) is 35.8 Å². The van der Waals surface area contributed by atoms with E-state index in [9.17, 15) is 0 Å². The number of hydrogen-bond donors (Lipinski definition) is 0. The first-order chi connectivity index (χ1) is 11.2. The van der Waals surface area contributed by atoms with E-state index in [-0.39, 0.29) is 6.10 Å². The first-order valence-corrected chi connectivity index (χ1v) is 7.87. The van der Waals surface area contributed by atoms with Crippen LogP contribution in [0.4, 0.5) is 0 Å². The maximum Gasteiger partial charge on any atom is 0.278 e. The molecule has 1 aliphatic heterocycles. The molecule has 4 rings (SSSR count). The monoisotopic (exact) mass is 330 g/mol. The van der Waals surface area contributed by atoms with Gasteiger partial charge in [0.05, 0.1) is 18.8 Å². The molecule has 0 saturated carbocycles. The molecule has 0 radical (unpaired) electrons. The number of aromatic nitrogens is 4. The van der Waals surface area contributed by atoms with Gasteiger partial charge in [0.1, 0.15) is 6.10 Å². The number of rotatable bonds is 3. The van der Waals surface area contributed by atoms with Crippen molar-refractivity contribution < 1.29 is 9.26 Å². The molecule has 3 heterocycles. The molecule has 3 aromatic rings. The van der Waals surface area contributed by atoms with Crippen LogP contribution in [0.2, 0.25) is 5.02 Å². The zero-order valence-electron chi connectivity index (χ0n) is 12.6. The van der Waals surface area contributed by atoms with Crippen LogP contribution >= 0.6 is 11.6 Å². The highest BCUT2D eigenvalue weighted by atomic mass is 35.5. The number of aryl methyl sites for hydroxylation is 1. The highest BCUT2D eigenvalue weighted by Crippen LogP contribution is 2.29. The van der Waals surface area contributed by atoms with Gasteiger partial charge in [-0.3, -0.25) is 4.68 Å². The minimum Gasteiger partial charge on any atom is -0.365 e. The summed E-state index contributed by atoms with van der Waals surface area (Å²) in [6, 6.07) is 9.64. The van der Waals surface area contributed by atoms with Crippen LogP contribution in [0.15, 0.2) is 34.9 Å². The van der Waals surface area contributed by atoms with Crippen molar-refractivity contribution >= 4 is 11.6 Å². The Hall–Kier alpha value is -2.18. The summed E-state index contributed by atoms with van der Waals surface area (Å²) in [6.07, 6.45) is 0.695. The van der Waals surface area contributed by atoms with E-state index in [4.69, 9.17) is 20.9 Å². The summed E-state index contributed by atoms with van der Waals surface area (Å²) in [4.78, 5) is 4.32. The van der Waals surface area contributed by atoms with Crippen LogP contribution in [-0.4, -0.2) is 19.9 Å². The summed E-state index contributed by atoms with van der Waals surface area (Å²) in [6.45, 7) is 3.12. The molecule has 0 fully saturated rings. The molecule has 6 nitrogen and oxygen atoms in total. The number of benzene rings is 1. The molecule has 0 amide bonds. The highest BCUT2D eigenvalue weighted by Gasteiger charge is 2.24. The quantitative estimate of drug-likeness (QED) is 0.736. The third-order valence-corrected chi connectivity index (χ3v) is 4.13. The topological polar surface area (TPSA) is 66.0 Å². The summed E-state index contributed by atoms with van der Waals surface area (Å²) >= 11 is 5.94. The Morgan fingerprint density at radius 3 is 2.87 bits per heavy atom. The molecule has 2 aromatic heterocycles. The number of fused-ring (bicyclic) bond motifs is 1. The summed E-state index contributed by atoms with van der Waals surface area (Å²) in [5.74, 6) is 1.13. The predicted molar refractivity (Wildman–Crippen MR) is 83.9 cm³/mol. The maximum absolute atomic E-state index is 5.94. The van der Waals surface area contributed by atoms with Crippen molar-refractivity contribution in [3.05, 3.63) is 52.4 Å². The highest BCUT2D eigenvalue weighted by molar-refractivity contribution is 6.30. The van der Waals surface area contributed by atoms with Gasteiger partial charge in [-0.25, -0.2) is 0 Å². The Bertz CT molecular complexity index is 825. The molecule has 0 bridgehead atoms. The third-order valence-electron chi connectivity index (χ3n) is 3.88. The standard InChI is InChI=1S/C16H15ClN4O2/c1-2-15-18-16(23-20-15)13-7-12-9-22-14(8-21(12)19-13)10-3-5-11(17)6-4-10/h3-7,14H,2,8-9H2,1H3/t14-/m1/s1. The van der Waals surface area contributed by atoms with Crippen molar-refractivity contribution in [2.24, 2.45) is 0 Å². The van der Waals surface area contributed by atoms with Gasteiger partial charge in [0.15, 0.2) is 11.5 Å². The summed E-state index contributed by atoms with van der Waals surface area (Å²) in [5.41, 5.74) is 2.78. The zero-order chi connectivity index (χ0) is 15.8. The van der Waals surface area contributed by atoms with Crippen LogP contribution in [0.1, 0.15) is 30.1 Å². The fourth-order valence-corrected chi connectivity index (χ4v) is 2.74. The Balaban J connectivity index is 1.59. The fourth-order valence-electron chi connectivity index (χ4n) is 2.61. The van der Waals surface area contributed by atoms with E-state index in [2.05, 4.69) is 15.2 Å². The minimum atomic E-state index is -0.0404. The fraction of sp³-hybridized carbons (Fsp3) is 0.312. The molecular weight excluding hydrogens is 316 g/mol. The third kappa shape index (κ3) is 2.75. The number of nitrogens with zero attached hydrogens (tertiary/aromatic N) is 4. The molecule has 0 aliphatic carbocycles. The van der Waals surface area contributed by atoms with E-state index in [1.54, 1.807) is 0 Å². The lowest BCUT2D eigenvalue weighted by atomic mass is 10.1. The van der Waals surface area contributed by atoms with Gasteiger partial charge >= 0.3 is 0 Å². The summed E-state index contributed by atoms with van der Waals surface area (Å²) in [5, 5.41) is 9.20. The molecule has 1 aromatic carbocycles. The normalized spacial score (nSPS) is 17.2. The van der Waals surface area contributed by atoms with E-state index < -0.39 is 0 Å². The molecular formula is C16H15ClN4O2. The van der Waals surface area contributed by atoms with Crippen LogP contribution < -0.4 is 0 Å². The van der Waals surface area contributed by atoms with Gasteiger partial charge in [-0.15, -0.1) is 0 Å². The van der Waals surface area contributed by atoms with Gasteiger partial charge in [-0.2, -0.15) is 10.1 Å². The van der Waals surface area contributed by atoms with Crippen molar-refractivity contribution in [1.82, 2.24) is 19.9 Å². The molecule has 1 atom stereocenters. The van der Waals surface area contributed by atoms with Gasteiger partial charge in [0, 0.05) is 11.4 Å². The number of hydrogen-bond acceptors (Lipinski definition) is 5. The van der Waals surface area contributed by atoms with E-state index in [0.717, 1.165) is 22.7 Å². The molecule has 23 heavy (non-hydrogen) atoms. The second-order valence-electron chi connectivity index (χ2n) is 5.42. The number of halogens is 1. The van der Waals surface area contributed by atoms with Crippen LogP contribution in [0, 0.1) is 0 Å². The van der Waals surface area contributed by atoms with E-state index in [0.29, 0.717) is 30.6 Å². The maximum atomic E-state index is 5.94. The second kappa shape index (κ2) is 5.79. The summed E-state index contributed by atoms with van der Waals surface area (Å²) in [7, 11) is 0. The van der Waals surface area contributed by atoms with E-state index in [1.807, 2.05) is 41.9 Å². The van der Waals surface area contributed by atoms with Crippen molar-refractivity contribution in [3.63, 3.8) is 0 Å². The molecule has 0 saturated heterocycles. The largest absolute Gasteiger partial charge is 0.365 e. The Morgan fingerprint density at radius 1 is 1.30 bits per heavy atom. The average molecular weight is 331 g/mol. The first kappa shape index (κ1) is 14.4. The number of ether oxygens (including phenoxy) is 1. The van der Waals surface area contributed by atoms with Gasteiger partial charge in [0.2, 0.25) is 0 Å². The van der Waals surface area contributed by atoms with Crippen molar-refractivity contribution in [1.29, 1.82) is 0 Å². The smallest absolute Gasteiger partial charge is 0.278 e. The average Bonchev–Trinajstić information content (AvgIpc) is 3.21. The Kier molecular flexibility index (Phi) is 3.63. The van der Waals surface area contributed by atoms with E-state index in [1.165, 1.54) is 0 Å². The zero-order valence-corrected chi connectivity index (χ0v) is 13.3. The van der Waals surface area contributed by atoms with Gasteiger partial charge in [-0.05, 0) is 23.8 Å². The van der Waals surface area contributed by atoms with Crippen LogP contribution in [0.3, 0.4) is 0 Å². The van der Waals surface area contributed by atoms with Gasteiger partial charge in [0.25, 0.3) is 5.89 Å². The molecule has 0 spiro atoms. The van der Waals surface area contributed by atoms with Crippen LogP contribution in [0.25, 0.3) is 11.6 Å². The summed E-state index contributed by atoms with van der Waals surface area (Å²) < 4.78 is 13.1.